The van der Waals surface area contributed by atoms with Crippen molar-refractivity contribution in [2.24, 2.45) is 5.92 Å². The summed E-state index contributed by atoms with van der Waals surface area (Å²) in [6.07, 6.45) is 4.57. The summed E-state index contributed by atoms with van der Waals surface area (Å²) < 4.78 is 2.22. The van der Waals surface area contributed by atoms with Crippen molar-refractivity contribution in [1.29, 1.82) is 0 Å². The zero-order chi connectivity index (χ0) is 11.7. The predicted molar refractivity (Wildman–Crippen MR) is 70.0 cm³/mol. The van der Waals surface area contributed by atoms with Gasteiger partial charge in [0, 0.05) is 5.39 Å². The van der Waals surface area contributed by atoms with Gasteiger partial charge in [0.25, 0.3) is 0 Å². The van der Waals surface area contributed by atoms with E-state index in [1.165, 1.54) is 23.7 Å². The largest absolute Gasteiger partial charge is 0.317 e. The molecule has 2 unspecified atom stereocenters. The second-order valence-electron chi connectivity index (χ2n) is 4.86. The lowest BCUT2D eigenvalue weighted by molar-refractivity contribution is 0.169. The van der Waals surface area contributed by atoms with Crippen molar-refractivity contribution in [1.82, 2.24) is 15.1 Å². The Hall–Kier alpha value is -1.35. The Morgan fingerprint density at radius 1 is 1.35 bits per heavy atom. The first kappa shape index (κ1) is 10.8. The maximum absolute atomic E-state index is 4.56. The lowest BCUT2D eigenvalue weighted by atomic mass is 9.79. The summed E-state index contributed by atoms with van der Waals surface area (Å²) >= 11 is 0. The third kappa shape index (κ3) is 1.84. The van der Waals surface area contributed by atoms with Gasteiger partial charge >= 0.3 is 0 Å². The Balaban J connectivity index is 1.84. The highest BCUT2D eigenvalue weighted by molar-refractivity contribution is 5.78. The molecule has 0 spiro atoms. The summed E-state index contributed by atoms with van der Waals surface area (Å²) in [6.45, 7) is 4.34. The van der Waals surface area contributed by atoms with Gasteiger partial charge in [0.1, 0.15) is 0 Å². The molecule has 0 saturated heterocycles. The van der Waals surface area contributed by atoms with E-state index >= 15 is 0 Å². The van der Waals surface area contributed by atoms with Crippen molar-refractivity contribution >= 4 is 10.9 Å². The molecule has 1 N–H and O–H groups in total. The molecular weight excluding hydrogens is 210 g/mol. The molecule has 1 aromatic heterocycles. The molecule has 1 heterocycles. The topological polar surface area (TPSA) is 29.9 Å². The molecule has 1 saturated carbocycles. The number of para-hydroxylation sites is 1. The van der Waals surface area contributed by atoms with Crippen LogP contribution in [0.3, 0.4) is 0 Å². The number of aromatic nitrogens is 2. The van der Waals surface area contributed by atoms with Crippen molar-refractivity contribution < 1.29 is 0 Å². The quantitative estimate of drug-likeness (QED) is 0.873. The van der Waals surface area contributed by atoms with Crippen LogP contribution in [0.15, 0.2) is 30.5 Å². The highest BCUT2D eigenvalue weighted by atomic mass is 15.3. The maximum atomic E-state index is 4.56. The molecule has 17 heavy (non-hydrogen) atoms. The molecular formula is C14H19N3. The summed E-state index contributed by atoms with van der Waals surface area (Å²) in [4.78, 5) is 0. The highest BCUT2D eigenvalue weighted by Crippen LogP contribution is 2.39. The summed E-state index contributed by atoms with van der Waals surface area (Å²) in [5.41, 5.74) is 1.28. The average molecular weight is 229 g/mol. The van der Waals surface area contributed by atoms with E-state index in [1.54, 1.807) is 0 Å². The molecule has 1 fully saturated rings. The molecule has 1 aliphatic carbocycles. The van der Waals surface area contributed by atoms with Gasteiger partial charge in [-0.2, -0.15) is 5.10 Å². The van der Waals surface area contributed by atoms with Crippen molar-refractivity contribution in [2.45, 2.75) is 25.8 Å². The first-order valence-electron chi connectivity index (χ1n) is 6.53. The number of fused-ring (bicyclic) bond motifs is 1. The fraction of sp³-hybridized carbons (Fsp3) is 0.500. The van der Waals surface area contributed by atoms with E-state index in [4.69, 9.17) is 0 Å². The predicted octanol–water partition coefficient (Wildman–Crippen LogP) is 2.60. The van der Waals surface area contributed by atoms with E-state index in [-0.39, 0.29) is 0 Å². The van der Waals surface area contributed by atoms with Gasteiger partial charge < -0.3 is 5.32 Å². The Morgan fingerprint density at radius 2 is 2.24 bits per heavy atom. The van der Waals surface area contributed by atoms with Crippen LogP contribution in [0.5, 0.6) is 0 Å². The van der Waals surface area contributed by atoms with E-state index in [0.29, 0.717) is 6.04 Å². The number of rotatable bonds is 4. The van der Waals surface area contributed by atoms with Gasteiger partial charge in [-0.05, 0) is 37.9 Å². The Bertz CT molecular complexity index is 503. The molecule has 90 valence electrons. The third-order valence-electron chi connectivity index (χ3n) is 3.85. The van der Waals surface area contributed by atoms with E-state index in [2.05, 4.69) is 46.3 Å². The molecule has 3 heteroatoms. The minimum absolute atomic E-state index is 0.592. The minimum atomic E-state index is 0.592. The monoisotopic (exact) mass is 229 g/mol. The van der Waals surface area contributed by atoms with Crippen LogP contribution in [0.25, 0.3) is 10.9 Å². The lowest BCUT2D eigenvalue weighted by Gasteiger charge is -2.37. The molecule has 0 radical (unpaired) electrons. The van der Waals surface area contributed by atoms with Crippen LogP contribution >= 0.6 is 0 Å². The molecule has 3 nitrogen and oxygen atoms in total. The summed E-state index contributed by atoms with van der Waals surface area (Å²) in [5, 5.41) is 9.27. The summed E-state index contributed by atoms with van der Waals surface area (Å²) in [7, 11) is 0. The van der Waals surface area contributed by atoms with Gasteiger partial charge in [-0.15, -0.1) is 0 Å². The second-order valence-corrected chi connectivity index (χ2v) is 4.86. The molecule has 0 aliphatic heterocycles. The zero-order valence-corrected chi connectivity index (χ0v) is 10.3. The molecule has 2 aromatic rings. The Morgan fingerprint density at radius 3 is 3.00 bits per heavy atom. The molecule has 1 aromatic carbocycles. The normalized spacial score (nSPS) is 23.8. The van der Waals surface area contributed by atoms with Crippen molar-refractivity contribution in [2.75, 3.05) is 13.1 Å². The van der Waals surface area contributed by atoms with Gasteiger partial charge in [-0.25, -0.2) is 0 Å². The molecule has 0 bridgehead atoms. The molecule has 3 rings (SSSR count). The lowest BCUT2D eigenvalue weighted by Crippen LogP contribution is -2.37. The maximum Gasteiger partial charge on any atom is 0.0685 e. The number of benzene rings is 1. The first-order valence-corrected chi connectivity index (χ1v) is 6.53. The molecule has 0 amide bonds. The van der Waals surface area contributed by atoms with Crippen LogP contribution in [0.4, 0.5) is 0 Å². The Labute approximate surface area is 102 Å². The van der Waals surface area contributed by atoms with Crippen molar-refractivity contribution in [3.63, 3.8) is 0 Å². The second kappa shape index (κ2) is 4.49. The van der Waals surface area contributed by atoms with Crippen LogP contribution in [0, 0.1) is 5.92 Å². The fourth-order valence-electron chi connectivity index (χ4n) is 2.70. The third-order valence-corrected chi connectivity index (χ3v) is 3.85. The van der Waals surface area contributed by atoms with E-state index in [9.17, 15) is 0 Å². The first-order chi connectivity index (χ1) is 8.40. The highest BCUT2D eigenvalue weighted by Gasteiger charge is 2.32. The van der Waals surface area contributed by atoms with E-state index in [1.807, 2.05) is 6.20 Å². The number of nitrogens with one attached hydrogen (secondary N) is 1. The smallest absolute Gasteiger partial charge is 0.0685 e. The fourth-order valence-corrected chi connectivity index (χ4v) is 2.70. The Kier molecular flexibility index (Phi) is 2.85. The van der Waals surface area contributed by atoms with Crippen LogP contribution in [-0.2, 0) is 0 Å². The number of nitrogens with zero attached hydrogens (tertiary/aromatic N) is 2. The average Bonchev–Trinajstić information content (AvgIpc) is 2.73. The minimum Gasteiger partial charge on any atom is -0.317 e. The van der Waals surface area contributed by atoms with Crippen LogP contribution in [0.2, 0.25) is 0 Å². The summed E-state index contributed by atoms with van der Waals surface area (Å²) in [5.74, 6) is 0.748. The van der Waals surface area contributed by atoms with Crippen LogP contribution in [-0.4, -0.2) is 22.9 Å². The van der Waals surface area contributed by atoms with Gasteiger partial charge in [0.15, 0.2) is 0 Å². The van der Waals surface area contributed by atoms with Crippen LogP contribution in [0.1, 0.15) is 25.8 Å². The molecule has 1 aliphatic rings. The van der Waals surface area contributed by atoms with E-state index < -0.39 is 0 Å². The SMILES string of the molecule is CCNCC1CCC1n1ncc2ccccc21. The van der Waals surface area contributed by atoms with Gasteiger partial charge in [0.05, 0.1) is 17.8 Å². The standard InChI is InChI=1S/C14H19N3/c1-2-15-9-12-7-8-14(12)17-13-6-4-3-5-11(13)10-16-17/h3-6,10,12,14-15H,2,7-9H2,1H3. The number of hydrogen-bond donors (Lipinski definition) is 1. The van der Waals surface area contributed by atoms with Gasteiger partial charge in [0.2, 0.25) is 0 Å². The molecule has 2 atom stereocenters. The van der Waals surface area contributed by atoms with E-state index in [0.717, 1.165) is 19.0 Å². The summed E-state index contributed by atoms with van der Waals surface area (Å²) in [6, 6.07) is 9.07. The van der Waals surface area contributed by atoms with Crippen LogP contribution < -0.4 is 5.32 Å². The van der Waals surface area contributed by atoms with Gasteiger partial charge in [-0.3, -0.25) is 4.68 Å². The zero-order valence-electron chi connectivity index (χ0n) is 10.3. The van der Waals surface area contributed by atoms with Gasteiger partial charge in [-0.1, -0.05) is 25.1 Å². The van der Waals surface area contributed by atoms with Crippen molar-refractivity contribution in [3.05, 3.63) is 30.5 Å². The van der Waals surface area contributed by atoms with Crippen molar-refractivity contribution in [3.8, 4) is 0 Å². The number of hydrogen-bond acceptors (Lipinski definition) is 2.